The highest BCUT2D eigenvalue weighted by Crippen LogP contribution is 2.31. The maximum Gasteiger partial charge on any atom is 0.338 e. The zero-order chi connectivity index (χ0) is 13.8. The minimum atomic E-state index is -0.872. The summed E-state index contributed by atoms with van der Waals surface area (Å²) in [7, 11) is 2.02. The van der Waals surface area contributed by atoms with Crippen LogP contribution in [0.2, 0.25) is 0 Å². The van der Waals surface area contributed by atoms with Crippen LogP contribution in [-0.2, 0) is 0 Å². The molecule has 0 saturated heterocycles. The third kappa shape index (κ3) is 3.30. The third-order valence-electron chi connectivity index (χ3n) is 3.96. The number of carboxylic acids is 1. The molecule has 0 heterocycles. The van der Waals surface area contributed by atoms with Crippen molar-refractivity contribution in [3.05, 3.63) is 28.2 Å². The van der Waals surface area contributed by atoms with E-state index >= 15 is 0 Å². The lowest BCUT2D eigenvalue weighted by Gasteiger charge is -2.30. The molecular formula is C15H20BrNO2. The lowest BCUT2D eigenvalue weighted by molar-refractivity contribution is 0.0696. The number of nitrogens with zero attached hydrogens (tertiary/aromatic N) is 1. The number of rotatable bonds is 3. The summed E-state index contributed by atoms with van der Waals surface area (Å²) >= 11 is 3.35. The van der Waals surface area contributed by atoms with E-state index in [1.807, 2.05) is 19.2 Å². The molecular weight excluding hydrogens is 306 g/mol. The number of anilines is 1. The quantitative estimate of drug-likeness (QED) is 0.842. The van der Waals surface area contributed by atoms with Gasteiger partial charge in [0, 0.05) is 17.6 Å². The summed E-state index contributed by atoms with van der Waals surface area (Å²) in [5.74, 6) is -0.872. The Kier molecular flexibility index (Phi) is 4.86. The lowest BCUT2D eigenvalue weighted by Crippen LogP contribution is -2.32. The first-order valence-corrected chi connectivity index (χ1v) is 7.65. The Balaban J connectivity index is 2.29. The van der Waals surface area contributed by atoms with Gasteiger partial charge in [0.25, 0.3) is 0 Å². The zero-order valence-electron chi connectivity index (χ0n) is 11.2. The van der Waals surface area contributed by atoms with Crippen LogP contribution >= 0.6 is 15.9 Å². The summed E-state index contributed by atoms with van der Waals surface area (Å²) in [6, 6.07) is 6.04. The van der Waals surface area contributed by atoms with Gasteiger partial charge in [-0.1, -0.05) is 31.7 Å². The van der Waals surface area contributed by atoms with E-state index in [0.717, 1.165) is 18.5 Å². The second kappa shape index (κ2) is 6.42. The van der Waals surface area contributed by atoms with Crippen molar-refractivity contribution in [3.8, 4) is 0 Å². The number of carbonyl (C=O) groups is 1. The second-order valence-electron chi connectivity index (χ2n) is 5.20. The van der Waals surface area contributed by atoms with E-state index in [1.54, 1.807) is 6.07 Å². The number of hydrogen-bond donors (Lipinski definition) is 1. The van der Waals surface area contributed by atoms with E-state index < -0.39 is 5.97 Å². The van der Waals surface area contributed by atoms with Crippen molar-refractivity contribution >= 4 is 27.6 Å². The topological polar surface area (TPSA) is 40.5 Å². The van der Waals surface area contributed by atoms with Crippen molar-refractivity contribution in [3.63, 3.8) is 0 Å². The largest absolute Gasteiger partial charge is 0.478 e. The first-order chi connectivity index (χ1) is 9.11. The third-order valence-corrected chi connectivity index (χ3v) is 4.62. The van der Waals surface area contributed by atoms with Crippen LogP contribution in [0.1, 0.15) is 48.9 Å². The normalized spacial score (nSPS) is 16.9. The second-order valence-corrected chi connectivity index (χ2v) is 6.05. The molecule has 1 saturated carbocycles. The summed E-state index contributed by atoms with van der Waals surface area (Å²) in [5, 5.41) is 9.39. The van der Waals surface area contributed by atoms with Gasteiger partial charge in [-0.15, -0.1) is 0 Å². The van der Waals surface area contributed by atoms with Crippen LogP contribution in [0.15, 0.2) is 22.7 Å². The molecule has 0 radical (unpaired) electrons. The number of carboxylic acid groups (broad SMARTS) is 1. The number of hydrogen-bond acceptors (Lipinski definition) is 2. The van der Waals surface area contributed by atoms with Crippen molar-refractivity contribution in [2.45, 2.75) is 44.6 Å². The van der Waals surface area contributed by atoms with Crippen molar-refractivity contribution in [2.75, 3.05) is 11.9 Å². The minimum Gasteiger partial charge on any atom is -0.478 e. The predicted molar refractivity (Wildman–Crippen MR) is 81.0 cm³/mol. The van der Waals surface area contributed by atoms with E-state index in [9.17, 15) is 9.90 Å². The number of benzene rings is 1. The molecule has 4 heteroatoms. The fraction of sp³-hybridized carbons (Fsp3) is 0.533. The van der Waals surface area contributed by atoms with E-state index in [-0.39, 0.29) is 0 Å². The zero-order valence-corrected chi connectivity index (χ0v) is 12.8. The first-order valence-electron chi connectivity index (χ1n) is 6.86. The van der Waals surface area contributed by atoms with Crippen molar-refractivity contribution in [1.29, 1.82) is 0 Å². The van der Waals surface area contributed by atoms with Gasteiger partial charge in [0.15, 0.2) is 0 Å². The molecule has 0 unspecified atom stereocenters. The van der Waals surface area contributed by atoms with Gasteiger partial charge in [-0.25, -0.2) is 4.79 Å². The molecule has 1 aromatic carbocycles. The molecule has 1 aliphatic rings. The minimum absolute atomic E-state index is 0.370. The molecule has 0 bridgehead atoms. The van der Waals surface area contributed by atoms with E-state index in [1.165, 1.54) is 25.7 Å². The Bertz CT molecular complexity index is 453. The molecule has 1 aliphatic carbocycles. The molecule has 1 N–H and O–H groups in total. The summed E-state index contributed by atoms with van der Waals surface area (Å²) < 4.78 is 0.651. The summed E-state index contributed by atoms with van der Waals surface area (Å²) in [6.45, 7) is 0. The van der Waals surface area contributed by atoms with E-state index in [2.05, 4.69) is 20.8 Å². The SMILES string of the molecule is CN(c1cccc(Br)c1C(=O)O)C1CCCCCC1. The van der Waals surface area contributed by atoms with Crippen LogP contribution in [0.3, 0.4) is 0 Å². The van der Waals surface area contributed by atoms with Crippen LogP contribution in [0, 0.1) is 0 Å². The van der Waals surface area contributed by atoms with Crippen LogP contribution < -0.4 is 4.90 Å². The molecule has 104 valence electrons. The molecule has 19 heavy (non-hydrogen) atoms. The first kappa shape index (κ1) is 14.4. The van der Waals surface area contributed by atoms with Crippen molar-refractivity contribution in [2.24, 2.45) is 0 Å². The summed E-state index contributed by atoms with van der Waals surface area (Å²) in [5.41, 5.74) is 1.18. The standard InChI is InChI=1S/C15H20BrNO2/c1-17(11-7-4-2-3-5-8-11)13-10-6-9-12(16)14(13)15(18)19/h6,9-11H,2-5,7-8H2,1H3,(H,18,19). The van der Waals surface area contributed by atoms with Gasteiger partial charge < -0.3 is 10.0 Å². The van der Waals surface area contributed by atoms with Gasteiger partial charge in [-0.3, -0.25) is 0 Å². The van der Waals surface area contributed by atoms with E-state index in [4.69, 9.17) is 0 Å². The van der Waals surface area contributed by atoms with Crippen LogP contribution in [0.4, 0.5) is 5.69 Å². The molecule has 0 amide bonds. The fourth-order valence-corrected chi connectivity index (χ4v) is 3.39. The molecule has 0 spiro atoms. The van der Waals surface area contributed by atoms with Gasteiger partial charge in [-0.2, -0.15) is 0 Å². The Morgan fingerprint density at radius 3 is 2.47 bits per heavy atom. The molecule has 0 aliphatic heterocycles. The molecule has 1 aromatic rings. The molecule has 3 nitrogen and oxygen atoms in total. The number of halogens is 1. The van der Waals surface area contributed by atoms with Gasteiger partial charge in [-0.05, 0) is 40.9 Å². The van der Waals surface area contributed by atoms with Gasteiger partial charge in [0.05, 0.1) is 11.3 Å². The van der Waals surface area contributed by atoms with Crippen molar-refractivity contribution in [1.82, 2.24) is 0 Å². The molecule has 0 aromatic heterocycles. The fourth-order valence-electron chi connectivity index (χ4n) is 2.86. The Morgan fingerprint density at radius 2 is 1.89 bits per heavy atom. The molecule has 1 fully saturated rings. The van der Waals surface area contributed by atoms with Crippen LogP contribution in [0.5, 0.6) is 0 Å². The van der Waals surface area contributed by atoms with Gasteiger partial charge in [0.1, 0.15) is 0 Å². The highest BCUT2D eigenvalue weighted by molar-refractivity contribution is 9.10. The Labute approximate surface area is 122 Å². The smallest absolute Gasteiger partial charge is 0.338 e. The van der Waals surface area contributed by atoms with Gasteiger partial charge >= 0.3 is 5.97 Å². The number of aromatic carboxylic acids is 1. The average Bonchev–Trinajstić information content (AvgIpc) is 2.66. The summed E-state index contributed by atoms with van der Waals surface area (Å²) in [4.78, 5) is 13.6. The predicted octanol–water partition coefficient (Wildman–Crippen LogP) is 4.31. The lowest BCUT2D eigenvalue weighted by atomic mass is 10.0. The van der Waals surface area contributed by atoms with E-state index in [0.29, 0.717) is 16.1 Å². The van der Waals surface area contributed by atoms with Crippen molar-refractivity contribution < 1.29 is 9.90 Å². The molecule has 2 rings (SSSR count). The van der Waals surface area contributed by atoms with Crippen LogP contribution in [0.25, 0.3) is 0 Å². The van der Waals surface area contributed by atoms with Gasteiger partial charge in [0.2, 0.25) is 0 Å². The molecule has 0 atom stereocenters. The maximum atomic E-state index is 11.4. The summed E-state index contributed by atoms with van der Waals surface area (Å²) in [6.07, 6.45) is 7.39. The average molecular weight is 326 g/mol. The highest BCUT2D eigenvalue weighted by atomic mass is 79.9. The van der Waals surface area contributed by atoms with Crippen LogP contribution in [-0.4, -0.2) is 24.2 Å². The highest BCUT2D eigenvalue weighted by Gasteiger charge is 2.22. The Morgan fingerprint density at radius 1 is 1.26 bits per heavy atom. The maximum absolute atomic E-state index is 11.4. The Hall–Kier alpha value is -1.03. The monoisotopic (exact) mass is 325 g/mol.